The molecule has 0 fully saturated rings. The highest BCUT2D eigenvalue weighted by Crippen LogP contribution is 2.25. The van der Waals surface area contributed by atoms with Gasteiger partial charge in [0, 0.05) is 18.6 Å². The van der Waals surface area contributed by atoms with Gasteiger partial charge < -0.3 is 15.4 Å². The van der Waals surface area contributed by atoms with E-state index in [4.69, 9.17) is 4.74 Å². The molecule has 2 N–H and O–H groups in total. The van der Waals surface area contributed by atoms with Crippen LogP contribution >= 0.6 is 0 Å². The summed E-state index contributed by atoms with van der Waals surface area (Å²) in [7, 11) is 0. The molecule has 128 valence electrons. The predicted octanol–water partition coefficient (Wildman–Crippen LogP) is 3.74. The third-order valence-electron chi connectivity index (χ3n) is 4.11. The van der Waals surface area contributed by atoms with E-state index in [0.29, 0.717) is 6.54 Å². The lowest BCUT2D eigenvalue weighted by Crippen LogP contribution is -2.42. The molecule has 2 unspecified atom stereocenters. The molecule has 0 radical (unpaired) electrons. The van der Waals surface area contributed by atoms with Gasteiger partial charge in [-0.05, 0) is 70.6 Å². The fourth-order valence-electron chi connectivity index (χ4n) is 2.99. The molecule has 1 aliphatic carbocycles. The molecule has 0 heterocycles. The van der Waals surface area contributed by atoms with E-state index in [-0.39, 0.29) is 18.2 Å². The van der Waals surface area contributed by atoms with Crippen LogP contribution in [-0.4, -0.2) is 24.3 Å². The van der Waals surface area contributed by atoms with Gasteiger partial charge in [-0.3, -0.25) is 0 Å². The second-order valence-electron chi connectivity index (χ2n) is 7.55. The Balaban J connectivity index is 1.80. The number of carbonyl (C=O) groups excluding carboxylic acids is 1. The molecule has 4 heteroatoms. The number of rotatable bonds is 5. The number of fused-ring (bicyclic) bond motifs is 1. The number of benzene rings is 1. The minimum absolute atomic E-state index is 0.172. The molecule has 0 saturated heterocycles. The van der Waals surface area contributed by atoms with Crippen LogP contribution in [0.3, 0.4) is 0 Å². The number of amides is 1. The quantitative estimate of drug-likeness (QED) is 0.869. The number of aryl methyl sites for hydroxylation is 2. The summed E-state index contributed by atoms with van der Waals surface area (Å²) in [4.78, 5) is 11.7. The van der Waals surface area contributed by atoms with Gasteiger partial charge in [-0.25, -0.2) is 4.79 Å². The van der Waals surface area contributed by atoms with E-state index in [0.717, 1.165) is 0 Å². The zero-order valence-corrected chi connectivity index (χ0v) is 15.0. The molecule has 1 aromatic rings. The smallest absolute Gasteiger partial charge is 0.407 e. The van der Waals surface area contributed by atoms with Gasteiger partial charge in [0.05, 0.1) is 0 Å². The Morgan fingerprint density at radius 1 is 1.22 bits per heavy atom. The molecule has 2 rings (SSSR count). The van der Waals surface area contributed by atoms with Crippen LogP contribution in [0.2, 0.25) is 0 Å². The maximum atomic E-state index is 11.7. The van der Waals surface area contributed by atoms with Gasteiger partial charge in [-0.15, -0.1) is 0 Å². The predicted molar refractivity (Wildman–Crippen MR) is 93.7 cm³/mol. The standard InChI is InChI=1S/C19H30N2O2/c1-13(12-20-18(22)23-19(3,4)5)21-14(2)16-10-9-15-7-6-8-17(15)11-16/h9-11,13-14,21H,6-8,12H2,1-5H3,(H,20,22). The van der Waals surface area contributed by atoms with Crippen LogP contribution in [-0.2, 0) is 17.6 Å². The Hall–Kier alpha value is -1.55. The first kappa shape index (κ1) is 17.8. The summed E-state index contributed by atoms with van der Waals surface area (Å²) < 4.78 is 5.25. The SMILES string of the molecule is CC(CNC(=O)OC(C)(C)C)NC(C)c1ccc2c(c1)CCC2. The van der Waals surface area contributed by atoms with Crippen molar-refractivity contribution in [1.29, 1.82) is 0 Å². The van der Waals surface area contributed by atoms with Gasteiger partial charge in [-0.2, -0.15) is 0 Å². The first-order valence-corrected chi connectivity index (χ1v) is 8.59. The van der Waals surface area contributed by atoms with Crippen LogP contribution in [0.15, 0.2) is 18.2 Å². The summed E-state index contributed by atoms with van der Waals surface area (Å²) in [5.74, 6) is 0. The van der Waals surface area contributed by atoms with Crippen LogP contribution in [0.25, 0.3) is 0 Å². The Morgan fingerprint density at radius 3 is 2.61 bits per heavy atom. The highest BCUT2D eigenvalue weighted by molar-refractivity contribution is 5.67. The molecule has 2 atom stereocenters. The minimum Gasteiger partial charge on any atom is -0.444 e. The number of carbonyl (C=O) groups is 1. The molecule has 1 aromatic carbocycles. The van der Waals surface area contributed by atoms with E-state index < -0.39 is 5.60 Å². The third-order valence-corrected chi connectivity index (χ3v) is 4.11. The summed E-state index contributed by atoms with van der Waals surface area (Å²) in [5, 5.41) is 6.35. The lowest BCUT2D eigenvalue weighted by molar-refractivity contribution is 0.0522. The lowest BCUT2D eigenvalue weighted by atomic mass is 10.0. The van der Waals surface area contributed by atoms with Crippen molar-refractivity contribution in [2.45, 2.75) is 71.6 Å². The molecule has 0 spiro atoms. The summed E-state index contributed by atoms with van der Waals surface area (Å²) >= 11 is 0. The minimum atomic E-state index is -0.460. The zero-order chi connectivity index (χ0) is 17.0. The average Bonchev–Trinajstić information content (AvgIpc) is 2.90. The van der Waals surface area contributed by atoms with E-state index >= 15 is 0 Å². The molecular formula is C19H30N2O2. The monoisotopic (exact) mass is 318 g/mol. The number of ether oxygens (including phenoxy) is 1. The van der Waals surface area contributed by atoms with E-state index in [9.17, 15) is 4.79 Å². The van der Waals surface area contributed by atoms with Crippen molar-refractivity contribution in [3.63, 3.8) is 0 Å². The molecule has 23 heavy (non-hydrogen) atoms. The molecule has 0 aromatic heterocycles. The molecule has 0 bridgehead atoms. The fraction of sp³-hybridized carbons (Fsp3) is 0.632. The van der Waals surface area contributed by atoms with Gasteiger partial charge in [0.25, 0.3) is 0 Å². The molecular weight excluding hydrogens is 288 g/mol. The average molecular weight is 318 g/mol. The van der Waals surface area contributed by atoms with Crippen LogP contribution < -0.4 is 10.6 Å². The Morgan fingerprint density at radius 2 is 1.91 bits per heavy atom. The van der Waals surface area contributed by atoms with Crippen molar-refractivity contribution in [2.75, 3.05) is 6.54 Å². The number of alkyl carbamates (subject to hydrolysis) is 1. The summed E-state index contributed by atoms with van der Waals surface area (Å²) in [6, 6.07) is 7.24. The van der Waals surface area contributed by atoms with Gasteiger partial charge in [-0.1, -0.05) is 18.2 Å². The van der Waals surface area contributed by atoms with Crippen molar-refractivity contribution < 1.29 is 9.53 Å². The maximum absolute atomic E-state index is 11.7. The molecule has 0 saturated carbocycles. The zero-order valence-electron chi connectivity index (χ0n) is 15.0. The van der Waals surface area contributed by atoms with Gasteiger partial charge >= 0.3 is 6.09 Å². The normalized spacial score (nSPS) is 16.6. The van der Waals surface area contributed by atoms with Crippen LogP contribution in [0, 0.1) is 0 Å². The summed E-state index contributed by atoms with van der Waals surface area (Å²) in [5.41, 5.74) is 3.85. The molecule has 1 amide bonds. The molecule has 4 nitrogen and oxygen atoms in total. The number of nitrogens with one attached hydrogen (secondary N) is 2. The summed E-state index contributed by atoms with van der Waals surface area (Å²) in [6.45, 7) is 10.4. The largest absolute Gasteiger partial charge is 0.444 e. The van der Waals surface area contributed by atoms with Crippen LogP contribution in [0.5, 0.6) is 0 Å². The molecule has 1 aliphatic rings. The van der Waals surface area contributed by atoms with Crippen LogP contribution in [0.4, 0.5) is 4.79 Å². The van der Waals surface area contributed by atoms with Crippen molar-refractivity contribution in [3.8, 4) is 0 Å². The first-order chi connectivity index (χ1) is 10.7. The van der Waals surface area contributed by atoms with Crippen molar-refractivity contribution in [2.24, 2.45) is 0 Å². The number of hydrogen-bond donors (Lipinski definition) is 2. The van der Waals surface area contributed by atoms with Crippen LogP contribution in [0.1, 0.15) is 63.8 Å². The highest BCUT2D eigenvalue weighted by atomic mass is 16.6. The summed E-state index contributed by atoms with van der Waals surface area (Å²) in [6.07, 6.45) is 3.33. The second kappa shape index (κ2) is 7.35. The van der Waals surface area contributed by atoms with Gasteiger partial charge in [0.2, 0.25) is 0 Å². The Kier molecular flexibility index (Phi) is 5.69. The number of hydrogen-bond acceptors (Lipinski definition) is 3. The van der Waals surface area contributed by atoms with E-state index in [1.54, 1.807) is 0 Å². The van der Waals surface area contributed by atoms with Gasteiger partial charge in [0.1, 0.15) is 5.60 Å². The highest BCUT2D eigenvalue weighted by Gasteiger charge is 2.18. The molecule has 0 aliphatic heterocycles. The van der Waals surface area contributed by atoms with E-state index in [2.05, 4.69) is 42.7 Å². The first-order valence-electron chi connectivity index (χ1n) is 8.59. The van der Waals surface area contributed by atoms with Gasteiger partial charge in [0.15, 0.2) is 0 Å². The van der Waals surface area contributed by atoms with Crippen molar-refractivity contribution >= 4 is 6.09 Å². The lowest BCUT2D eigenvalue weighted by Gasteiger charge is -2.23. The Labute approximate surface area is 140 Å². The third kappa shape index (κ3) is 5.54. The Bertz CT molecular complexity index is 549. The van der Waals surface area contributed by atoms with Crippen molar-refractivity contribution in [1.82, 2.24) is 10.6 Å². The second-order valence-corrected chi connectivity index (χ2v) is 7.55. The fourth-order valence-corrected chi connectivity index (χ4v) is 2.99. The maximum Gasteiger partial charge on any atom is 0.407 e. The van der Waals surface area contributed by atoms with E-state index in [1.165, 1.54) is 36.0 Å². The topological polar surface area (TPSA) is 50.4 Å². The van der Waals surface area contributed by atoms with E-state index in [1.807, 2.05) is 20.8 Å². The van der Waals surface area contributed by atoms with Crippen molar-refractivity contribution in [3.05, 3.63) is 34.9 Å².